The molecule has 3 aromatic rings. The number of hydrogen-bond acceptors (Lipinski definition) is 5. The van der Waals surface area contributed by atoms with Crippen molar-refractivity contribution in [3.05, 3.63) is 93.9 Å². The summed E-state index contributed by atoms with van der Waals surface area (Å²) in [5, 5.41) is 0. The summed E-state index contributed by atoms with van der Waals surface area (Å²) in [6.07, 6.45) is 4.70. The monoisotopic (exact) mass is 421 g/mol. The summed E-state index contributed by atoms with van der Waals surface area (Å²) < 4.78 is 11.9. The van der Waals surface area contributed by atoms with Gasteiger partial charge in [-0.3, -0.25) is 9.78 Å². The maximum Gasteiger partial charge on any atom is 0.343 e. The van der Waals surface area contributed by atoms with Crippen molar-refractivity contribution in [3.63, 3.8) is 0 Å². The number of allylic oxidation sites excluding steroid dienone is 1. The Morgan fingerprint density at radius 2 is 1.85 bits per heavy atom. The van der Waals surface area contributed by atoms with Gasteiger partial charge in [-0.1, -0.05) is 34.1 Å². The largest absolute Gasteiger partial charge is 0.452 e. The Hall–Kier alpha value is -3.25. The SMILES string of the molecule is O=C(Oc1ccc2c(c1)O/C(=C\c1ccccc1Br)C2=O)c1ccncc1. The fraction of sp³-hybridized carbons (Fsp3) is 0. The fourth-order valence-corrected chi connectivity index (χ4v) is 3.02. The number of pyridine rings is 1. The van der Waals surface area contributed by atoms with Crippen molar-refractivity contribution in [2.75, 3.05) is 0 Å². The predicted octanol–water partition coefficient (Wildman–Crippen LogP) is 4.68. The Labute approximate surface area is 163 Å². The zero-order chi connectivity index (χ0) is 18.8. The van der Waals surface area contributed by atoms with Crippen molar-refractivity contribution in [1.82, 2.24) is 4.98 Å². The predicted molar refractivity (Wildman–Crippen MR) is 103 cm³/mol. The Balaban J connectivity index is 1.58. The summed E-state index contributed by atoms with van der Waals surface area (Å²) in [6.45, 7) is 0. The van der Waals surface area contributed by atoms with Crippen LogP contribution < -0.4 is 9.47 Å². The number of benzene rings is 2. The summed E-state index contributed by atoms with van der Waals surface area (Å²) in [7, 11) is 0. The maximum atomic E-state index is 12.5. The molecule has 4 rings (SSSR count). The van der Waals surface area contributed by atoms with E-state index in [1.54, 1.807) is 30.3 Å². The lowest BCUT2D eigenvalue weighted by Crippen LogP contribution is -2.08. The van der Waals surface area contributed by atoms with Gasteiger partial charge in [0.15, 0.2) is 5.76 Å². The molecular weight excluding hydrogens is 410 g/mol. The van der Waals surface area contributed by atoms with Gasteiger partial charge in [0.25, 0.3) is 0 Å². The maximum absolute atomic E-state index is 12.5. The molecule has 132 valence electrons. The molecule has 0 N–H and O–H groups in total. The highest BCUT2D eigenvalue weighted by molar-refractivity contribution is 9.10. The van der Waals surface area contributed by atoms with E-state index in [0.29, 0.717) is 22.6 Å². The molecule has 5 nitrogen and oxygen atoms in total. The van der Waals surface area contributed by atoms with Gasteiger partial charge >= 0.3 is 5.97 Å². The van der Waals surface area contributed by atoms with Crippen LogP contribution in [-0.2, 0) is 0 Å². The van der Waals surface area contributed by atoms with Gasteiger partial charge in [-0.05, 0) is 42.0 Å². The molecule has 0 bridgehead atoms. The first kappa shape index (κ1) is 17.2. The zero-order valence-electron chi connectivity index (χ0n) is 13.9. The molecule has 0 aliphatic carbocycles. The van der Waals surface area contributed by atoms with Crippen LogP contribution in [0.3, 0.4) is 0 Å². The average Bonchev–Trinajstić information content (AvgIpc) is 2.99. The second kappa shape index (κ2) is 7.17. The second-order valence-electron chi connectivity index (χ2n) is 5.74. The van der Waals surface area contributed by atoms with Crippen molar-refractivity contribution < 1.29 is 19.1 Å². The fourth-order valence-electron chi connectivity index (χ4n) is 2.62. The van der Waals surface area contributed by atoms with Gasteiger partial charge in [0.2, 0.25) is 5.78 Å². The molecule has 0 radical (unpaired) electrons. The number of nitrogens with zero attached hydrogens (tertiary/aromatic N) is 1. The first-order chi connectivity index (χ1) is 13.1. The molecule has 1 aliphatic rings. The molecular formula is C21H12BrNO4. The number of carbonyl (C=O) groups is 2. The van der Waals surface area contributed by atoms with Gasteiger partial charge < -0.3 is 9.47 Å². The summed E-state index contributed by atoms with van der Waals surface area (Å²) in [6, 6.07) is 15.3. The summed E-state index contributed by atoms with van der Waals surface area (Å²) in [4.78, 5) is 28.6. The van der Waals surface area contributed by atoms with Crippen LogP contribution in [0, 0.1) is 0 Å². The minimum atomic E-state index is -0.509. The van der Waals surface area contributed by atoms with E-state index in [1.807, 2.05) is 24.3 Å². The Bertz CT molecular complexity index is 1080. The number of hydrogen-bond donors (Lipinski definition) is 0. The van der Waals surface area contributed by atoms with Crippen LogP contribution in [0.2, 0.25) is 0 Å². The molecule has 0 saturated carbocycles. The standard InChI is InChI=1S/C21H12BrNO4/c22-17-4-2-1-3-14(17)11-19-20(24)16-6-5-15(12-18(16)27-19)26-21(25)13-7-9-23-10-8-13/h1-12H/b19-11-. The number of ketones is 1. The molecule has 2 aromatic carbocycles. The number of halogens is 1. The highest BCUT2D eigenvalue weighted by Crippen LogP contribution is 2.35. The summed E-state index contributed by atoms with van der Waals surface area (Å²) in [5.74, 6) is 0.150. The third-order valence-electron chi connectivity index (χ3n) is 3.96. The molecule has 0 amide bonds. The molecule has 27 heavy (non-hydrogen) atoms. The van der Waals surface area contributed by atoms with E-state index in [0.717, 1.165) is 10.0 Å². The number of rotatable bonds is 3. The third kappa shape index (κ3) is 3.52. The molecule has 0 spiro atoms. The third-order valence-corrected chi connectivity index (χ3v) is 4.68. The number of Topliss-reactive ketones (excluding diaryl/α,β-unsaturated/α-hetero) is 1. The average molecular weight is 422 g/mol. The quantitative estimate of drug-likeness (QED) is 0.349. The number of fused-ring (bicyclic) bond motifs is 1. The number of aromatic nitrogens is 1. The highest BCUT2D eigenvalue weighted by Gasteiger charge is 2.28. The van der Waals surface area contributed by atoms with E-state index in [2.05, 4.69) is 20.9 Å². The smallest absolute Gasteiger partial charge is 0.343 e. The molecule has 1 aromatic heterocycles. The molecule has 0 fully saturated rings. The molecule has 0 atom stereocenters. The lowest BCUT2D eigenvalue weighted by Gasteiger charge is -2.05. The van der Waals surface area contributed by atoms with E-state index < -0.39 is 5.97 Å². The van der Waals surface area contributed by atoms with E-state index in [9.17, 15) is 9.59 Å². The molecule has 0 saturated heterocycles. The van der Waals surface area contributed by atoms with Crippen molar-refractivity contribution in [1.29, 1.82) is 0 Å². The van der Waals surface area contributed by atoms with Crippen LogP contribution in [0.4, 0.5) is 0 Å². The van der Waals surface area contributed by atoms with Crippen LogP contribution in [0.1, 0.15) is 26.3 Å². The van der Waals surface area contributed by atoms with Gasteiger partial charge in [-0.15, -0.1) is 0 Å². The van der Waals surface area contributed by atoms with Gasteiger partial charge in [0.1, 0.15) is 11.5 Å². The van der Waals surface area contributed by atoms with Crippen molar-refractivity contribution in [3.8, 4) is 11.5 Å². The number of carbonyl (C=O) groups excluding carboxylic acids is 2. The second-order valence-corrected chi connectivity index (χ2v) is 6.60. The van der Waals surface area contributed by atoms with Crippen molar-refractivity contribution in [2.45, 2.75) is 0 Å². The Morgan fingerprint density at radius 3 is 2.63 bits per heavy atom. The van der Waals surface area contributed by atoms with E-state index in [1.165, 1.54) is 18.5 Å². The number of esters is 1. The van der Waals surface area contributed by atoms with Gasteiger partial charge in [-0.2, -0.15) is 0 Å². The lowest BCUT2D eigenvalue weighted by molar-refractivity contribution is 0.0734. The van der Waals surface area contributed by atoms with Crippen LogP contribution in [-0.4, -0.2) is 16.7 Å². The zero-order valence-corrected chi connectivity index (χ0v) is 15.5. The highest BCUT2D eigenvalue weighted by atomic mass is 79.9. The van der Waals surface area contributed by atoms with Gasteiger partial charge in [0.05, 0.1) is 11.1 Å². The first-order valence-electron chi connectivity index (χ1n) is 8.07. The topological polar surface area (TPSA) is 65.5 Å². The minimum absolute atomic E-state index is 0.215. The van der Waals surface area contributed by atoms with Gasteiger partial charge in [0, 0.05) is 22.9 Å². The van der Waals surface area contributed by atoms with E-state index >= 15 is 0 Å². The molecule has 0 unspecified atom stereocenters. The summed E-state index contributed by atoms with van der Waals surface area (Å²) >= 11 is 3.45. The minimum Gasteiger partial charge on any atom is -0.452 e. The normalized spacial score (nSPS) is 14.0. The Morgan fingerprint density at radius 1 is 1.07 bits per heavy atom. The van der Waals surface area contributed by atoms with Crippen LogP contribution in [0.25, 0.3) is 6.08 Å². The van der Waals surface area contributed by atoms with Crippen LogP contribution >= 0.6 is 15.9 Å². The van der Waals surface area contributed by atoms with E-state index in [4.69, 9.17) is 9.47 Å². The van der Waals surface area contributed by atoms with Crippen LogP contribution in [0.15, 0.2) is 77.2 Å². The first-order valence-corrected chi connectivity index (χ1v) is 8.86. The summed E-state index contributed by atoms with van der Waals surface area (Å²) in [5.41, 5.74) is 1.65. The number of ether oxygens (including phenoxy) is 2. The van der Waals surface area contributed by atoms with Crippen molar-refractivity contribution >= 4 is 33.8 Å². The van der Waals surface area contributed by atoms with Crippen molar-refractivity contribution in [2.24, 2.45) is 0 Å². The van der Waals surface area contributed by atoms with Crippen LogP contribution in [0.5, 0.6) is 11.5 Å². The molecule has 1 aliphatic heterocycles. The lowest BCUT2D eigenvalue weighted by atomic mass is 10.1. The molecule has 2 heterocycles. The molecule has 6 heteroatoms. The Kier molecular flexibility index (Phi) is 4.56. The van der Waals surface area contributed by atoms with E-state index in [-0.39, 0.29) is 11.5 Å². The van der Waals surface area contributed by atoms with Gasteiger partial charge in [-0.25, -0.2) is 4.79 Å².